The second-order valence-electron chi connectivity index (χ2n) is 3.54. The average molecular weight is 287 g/mol. The number of hydrogen-bond acceptors (Lipinski definition) is 4. The van der Waals surface area contributed by atoms with Gasteiger partial charge in [-0.05, 0) is 46.3 Å². The molecule has 2 aromatic rings. The minimum atomic E-state index is -3.10. The maximum atomic E-state index is 11.3. The molecule has 0 saturated carbocycles. The molecule has 2 rings (SSSR count). The Kier molecular flexibility index (Phi) is 3.98. The summed E-state index contributed by atoms with van der Waals surface area (Å²) < 4.78 is 25.2. The summed E-state index contributed by atoms with van der Waals surface area (Å²) in [5, 5.41) is 6.17. The molecule has 0 unspecified atom stereocenters. The van der Waals surface area contributed by atoms with E-state index in [-0.39, 0.29) is 5.75 Å². The van der Waals surface area contributed by atoms with Crippen LogP contribution in [-0.4, -0.2) is 14.2 Å². The predicted octanol–water partition coefficient (Wildman–Crippen LogP) is 2.92. The van der Waals surface area contributed by atoms with Gasteiger partial charge in [-0.15, -0.1) is 11.3 Å². The fourth-order valence-electron chi connectivity index (χ4n) is 1.34. The van der Waals surface area contributed by atoms with E-state index in [1.165, 1.54) is 5.56 Å². The molecule has 3 nitrogen and oxygen atoms in total. The summed E-state index contributed by atoms with van der Waals surface area (Å²) in [7, 11) is -3.10. The lowest BCUT2D eigenvalue weighted by Crippen LogP contribution is -2.24. The predicted molar refractivity (Wildman–Crippen MR) is 73.9 cm³/mol. The molecule has 0 aliphatic carbocycles. The lowest BCUT2D eigenvalue weighted by molar-refractivity contribution is 0.583. The standard InChI is InChI=1S/C11H13NO2S3/c1-2-17(13,14)12-6-11-5-10(8-16-11)9-3-4-15-7-9/h3-5,7-8,12H,2,6H2,1H3. The van der Waals surface area contributed by atoms with Crippen molar-refractivity contribution in [2.75, 3.05) is 5.75 Å². The van der Waals surface area contributed by atoms with E-state index in [0.717, 1.165) is 10.4 Å². The summed E-state index contributed by atoms with van der Waals surface area (Å²) in [6.07, 6.45) is 0. The van der Waals surface area contributed by atoms with Crippen LogP contribution in [0.4, 0.5) is 0 Å². The molecule has 0 spiro atoms. The third kappa shape index (κ3) is 3.38. The fraction of sp³-hybridized carbons (Fsp3) is 0.273. The van der Waals surface area contributed by atoms with E-state index in [2.05, 4.69) is 21.5 Å². The van der Waals surface area contributed by atoms with Gasteiger partial charge in [0.2, 0.25) is 10.0 Å². The Morgan fingerprint density at radius 3 is 2.76 bits per heavy atom. The first kappa shape index (κ1) is 12.8. The highest BCUT2D eigenvalue weighted by molar-refractivity contribution is 7.89. The maximum absolute atomic E-state index is 11.3. The van der Waals surface area contributed by atoms with Gasteiger partial charge in [-0.3, -0.25) is 0 Å². The van der Waals surface area contributed by atoms with Gasteiger partial charge in [0, 0.05) is 11.4 Å². The maximum Gasteiger partial charge on any atom is 0.211 e. The molecule has 1 N–H and O–H groups in total. The molecule has 6 heteroatoms. The van der Waals surface area contributed by atoms with Crippen molar-refractivity contribution in [3.63, 3.8) is 0 Å². The quantitative estimate of drug-likeness (QED) is 0.919. The molecule has 0 aliphatic heterocycles. The highest BCUT2D eigenvalue weighted by atomic mass is 32.2. The van der Waals surface area contributed by atoms with Crippen LogP contribution in [0, 0.1) is 0 Å². The first-order valence-corrected chi connectivity index (χ1v) is 8.65. The van der Waals surface area contributed by atoms with Crippen LogP contribution in [-0.2, 0) is 16.6 Å². The Labute approximate surface area is 109 Å². The van der Waals surface area contributed by atoms with Crippen LogP contribution in [0.15, 0.2) is 28.3 Å². The van der Waals surface area contributed by atoms with E-state index in [1.54, 1.807) is 29.6 Å². The molecule has 2 heterocycles. The third-order valence-corrected chi connectivity index (χ3v) is 5.32. The van der Waals surface area contributed by atoms with Crippen molar-refractivity contribution in [3.05, 3.63) is 33.2 Å². The topological polar surface area (TPSA) is 46.2 Å². The van der Waals surface area contributed by atoms with Crippen molar-refractivity contribution in [3.8, 4) is 11.1 Å². The molecule has 0 amide bonds. The number of rotatable bonds is 5. The molecule has 17 heavy (non-hydrogen) atoms. The summed E-state index contributed by atoms with van der Waals surface area (Å²) in [6, 6.07) is 4.09. The van der Waals surface area contributed by atoms with Crippen molar-refractivity contribution >= 4 is 32.7 Å². The Morgan fingerprint density at radius 1 is 1.29 bits per heavy atom. The van der Waals surface area contributed by atoms with Gasteiger partial charge in [-0.25, -0.2) is 13.1 Å². The summed E-state index contributed by atoms with van der Waals surface area (Å²) in [4.78, 5) is 1.03. The zero-order valence-corrected chi connectivity index (χ0v) is 11.8. The zero-order valence-electron chi connectivity index (χ0n) is 9.34. The molecule has 0 atom stereocenters. The fourth-order valence-corrected chi connectivity index (χ4v) is 3.51. The van der Waals surface area contributed by atoms with Gasteiger partial charge in [0.1, 0.15) is 0 Å². The van der Waals surface area contributed by atoms with Crippen LogP contribution >= 0.6 is 22.7 Å². The number of nitrogens with one attached hydrogen (secondary N) is 1. The Bertz CT molecular complexity index is 570. The molecule has 0 bridgehead atoms. The minimum absolute atomic E-state index is 0.121. The molecule has 0 aromatic carbocycles. The van der Waals surface area contributed by atoms with Crippen LogP contribution in [0.3, 0.4) is 0 Å². The highest BCUT2D eigenvalue weighted by Crippen LogP contribution is 2.27. The van der Waals surface area contributed by atoms with Crippen molar-refractivity contribution < 1.29 is 8.42 Å². The molecule has 0 saturated heterocycles. The summed E-state index contributed by atoms with van der Waals surface area (Å²) >= 11 is 3.23. The first-order valence-electron chi connectivity index (χ1n) is 5.18. The van der Waals surface area contributed by atoms with Crippen molar-refractivity contribution in [1.82, 2.24) is 4.72 Å². The van der Waals surface area contributed by atoms with E-state index >= 15 is 0 Å². The normalized spacial score (nSPS) is 11.8. The van der Waals surface area contributed by atoms with Gasteiger partial charge in [-0.2, -0.15) is 11.3 Å². The number of thiophene rings is 2. The third-order valence-electron chi connectivity index (χ3n) is 2.35. The molecule has 0 radical (unpaired) electrons. The summed E-state index contributed by atoms with van der Waals surface area (Å²) in [6.45, 7) is 2.01. The minimum Gasteiger partial charge on any atom is -0.212 e. The van der Waals surface area contributed by atoms with Crippen LogP contribution in [0.1, 0.15) is 11.8 Å². The van der Waals surface area contributed by atoms with Crippen molar-refractivity contribution in [1.29, 1.82) is 0 Å². The first-order chi connectivity index (χ1) is 8.11. The molecule has 0 aliphatic rings. The SMILES string of the molecule is CCS(=O)(=O)NCc1cc(-c2ccsc2)cs1. The largest absolute Gasteiger partial charge is 0.212 e. The molecular formula is C11H13NO2S3. The molecule has 92 valence electrons. The second kappa shape index (κ2) is 5.30. The lowest BCUT2D eigenvalue weighted by Gasteiger charge is -2.01. The molecule has 2 aromatic heterocycles. The van der Waals surface area contributed by atoms with E-state index in [1.807, 2.05) is 11.4 Å². The van der Waals surface area contributed by atoms with Crippen molar-refractivity contribution in [2.24, 2.45) is 0 Å². The average Bonchev–Trinajstić information content (AvgIpc) is 2.97. The smallest absolute Gasteiger partial charge is 0.211 e. The lowest BCUT2D eigenvalue weighted by atomic mass is 10.2. The van der Waals surface area contributed by atoms with E-state index in [4.69, 9.17) is 0 Å². The Morgan fingerprint density at radius 2 is 2.12 bits per heavy atom. The molecular weight excluding hydrogens is 274 g/mol. The zero-order chi connectivity index (χ0) is 12.3. The van der Waals surface area contributed by atoms with Crippen LogP contribution in [0.2, 0.25) is 0 Å². The number of hydrogen-bond donors (Lipinski definition) is 1. The number of sulfonamides is 1. The van der Waals surface area contributed by atoms with Crippen LogP contribution in [0.5, 0.6) is 0 Å². The van der Waals surface area contributed by atoms with E-state index in [9.17, 15) is 8.42 Å². The van der Waals surface area contributed by atoms with E-state index in [0.29, 0.717) is 6.54 Å². The van der Waals surface area contributed by atoms with Gasteiger partial charge >= 0.3 is 0 Å². The Balaban J connectivity index is 2.05. The summed E-state index contributed by atoms with van der Waals surface area (Å²) in [5.74, 6) is 0.121. The van der Waals surface area contributed by atoms with Gasteiger partial charge in [0.25, 0.3) is 0 Å². The Hall–Kier alpha value is -0.690. The summed E-state index contributed by atoms with van der Waals surface area (Å²) in [5.41, 5.74) is 2.35. The van der Waals surface area contributed by atoms with Crippen LogP contribution < -0.4 is 4.72 Å². The van der Waals surface area contributed by atoms with Crippen LogP contribution in [0.25, 0.3) is 11.1 Å². The van der Waals surface area contributed by atoms with E-state index < -0.39 is 10.0 Å². The second-order valence-corrected chi connectivity index (χ2v) is 7.41. The highest BCUT2D eigenvalue weighted by Gasteiger charge is 2.08. The van der Waals surface area contributed by atoms with Gasteiger partial charge in [0.05, 0.1) is 5.75 Å². The van der Waals surface area contributed by atoms with Gasteiger partial charge in [-0.1, -0.05) is 0 Å². The monoisotopic (exact) mass is 287 g/mol. The van der Waals surface area contributed by atoms with Crippen molar-refractivity contribution in [2.45, 2.75) is 13.5 Å². The van der Waals surface area contributed by atoms with Gasteiger partial charge in [0.15, 0.2) is 0 Å². The molecule has 0 fully saturated rings. The van der Waals surface area contributed by atoms with Gasteiger partial charge < -0.3 is 0 Å².